The predicted octanol–water partition coefficient (Wildman–Crippen LogP) is 4.22. The summed E-state index contributed by atoms with van der Waals surface area (Å²) in [5.74, 6) is 0.791. The number of halogens is 1. The molecule has 0 aromatic heterocycles. The van der Waals surface area contributed by atoms with Gasteiger partial charge in [-0.1, -0.05) is 43.4 Å². The minimum atomic E-state index is 0.408. The second-order valence-corrected chi connectivity index (χ2v) is 7.76. The van der Waals surface area contributed by atoms with Crippen LogP contribution in [0.15, 0.2) is 0 Å². The normalized spacial score (nSPS) is 33.8. The van der Waals surface area contributed by atoms with Crippen molar-refractivity contribution in [3.8, 4) is 5.40 Å². The maximum absolute atomic E-state index is 8.73. The lowest BCUT2D eigenvalue weighted by atomic mass is 9.72. The minimum absolute atomic E-state index is 0.408. The fourth-order valence-electron chi connectivity index (χ4n) is 2.07. The number of thioether (sulfide) groups is 1. The number of nitrogens with zero attached hydrogens (tertiary/aromatic N) is 1. The van der Waals surface area contributed by atoms with Crippen LogP contribution in [0.3, 0.4) is 0 Å². The first-order valence-corrected chi connectivity index (χ1v) is 7.26. The molecule has 0 aromatic rings. The Morgan fingerprint density at radius 2 is 2.00 bits per heavy atom. The van der Waals surface area contributed by atoms with Gasteiger partial charge in [0.2, 0.25) is 0 Å². The number of nitriles is 1. The van der Waals surface area contributed by atoms with Gasteiger partial charge in [0.1, 0.15) is 5.40 Å². The van der Waals surface area contributed by atoms with E-state index in [0.29, 0.717) is 14.6 Å². The Hall–Kier alpha value is 0.570. The quantitative estimate of drug-likeness (QED) is 0.410. The van der Waals surface area contributed by atoms with Gasteiger partial charge in [0.05, 0.1) is 0 Å². The molecule has 1 saturated carbocycles. The summed E-state index contributed by atoms with van der Waals surface area (Å²) in [5.41, 5.74) is 0.408. The first kappa shape index (κ1) is 12.6. The molecule has 1 aliphatic carbocycles. The van der Waals surface area contributed by atoms with Gasteiger partial charge in [-0.25, -0.2) is 0 Å². The largest absolute Gasteiger partial charge is 0.185 e. The van der Waals surface area contributed by atoms with Crippen LogP contribution < -0.4 is 0 Å². The first-order chi connectivity index (χ1) is 6.45. The molecule has 80 valence electrons. The molecule has 1 fully saturated rings. The van der Waals surface area contributed by atoms with E-state index in [1.54, 1.807) is 0 Å². The Morgan fingerprint density at radius 3 is 2.50 bits per heavy atom. The van der Waals surface area contributed by atoms with E-state index < -0.39 is 0 Å². The topological polar surface area (TPSA) is 23.8 Å². The zero-order valence-electron chi connectivity index (χ0n) is 9.09. The Bertz CT molecular complexity index is 228. The van der Waals surface area contributed by atoms with Crippen LogP contribution in [-0.4, -0.2) is 9.17 Å². The van der Waals surface area contributed by atoms with E-state index >= 15 is 0 Å². The van der Waals surface area contributed by atoms with Crippen molar-refractivity contribution in [2.45, 2.75) is 49.2 Å². The molecular formula is C11H18INS. The molecule has 3 atom stereocenters. The lowest BCUT2D eigenvalue weighted by Crippen LogP contribution is -2.33. The van der Waals surface area contributed by atoms with Crippen LogP contribution in [0.2, 0.25) is 0 Å². The highest BCUT2D eigenvalue weighted by atomic mass is 127. The smallest absolute Gasteiger partial charge is 0.133 e. The van der Waals surface area contributed by atoms with Gasteiger partial charge in [-0.05, 0) is 42.4 Å². The summed E-state index contributed by atoms with van der Waals surface area (Å²) in [5, 5.41) is 11.5. The molecule has 0 amide bonds. The fourth-order valence-corrected chi connectivity index (χ4v) is 3.91. The molecule has 0 spiro atoms. The molecule has 0 bridgehead atoms. The van der Waals surface area contributed by atoms with Crippen molar-refractivity contribution in [3.05, 3.63) is 0 Å². The molecule has 0 aliphatic heterocycles. The van der Waals surface area contributed by atoms with Gasteiger partial charge in [-0.15, -0.1) is 0 Å². The molecule has 1 nitrogen and oxygen atoms in total. The molecule has 0 saturated heterocycles. The van der Waals surface area contributed by atoms with E-state index in [2.05, 4.69) is 48.8 Å². The van der Waals surface area contributed by atoms with Crippen molar-refractivity contribution in [3.63, 3.8) is 0 Å². The van der Waals surface area contributed by atoms with Crippen LogP contribution in [0.25, 0.3) is 0 Å². The lowest BCUT2D eigenvalue weighted by molar-refractivity contribution is 0.188. The second kappa shape index (κ2) is 5.07. The predicted molar refractivity (Wildman–Crippen MR) is 71.6 cm³/mol. The first-order valence-electron chi connectivity index (χ1n) is 5.14. The number of hydrogen-bond acceptors (Lipinski definition) is 2. The van der Waals surface area contributed by atoms with Gasteiger partial charge >= 0.3 is 0 Å². The molecular weight excluding hydrogens is 305 g/mol. The second-order valence-electron chi connectivity index (χ2n) is 5.14. The van der Waals surface area contributed by atoms with Crippen LogP contribution in [0.4, 0.5) is 0 Å². The van der Waals surface area contributed by atoms with Gasteiger partial charge in [0.25, 0.3) is 0 Å². The van der Waals surface area contributed by atoms with Crippen molar-refractivity contribution in [1.82, 2.24) is 0 Å². The third-order valence-corrected chi connectivity index (χ3v) is 6.05. The minimum Gasteiger partial charge on any atom is -0.185 e. The Labute approximate surface area is 105 Å². The Kier molecular flexibility index (Phi) is 4.57. The molecule has 0 aromatic carbocycles. The van der Waals surface area contributed by atoms with Gasteiger partial charge in [-0.2, -0.15) is 5.26 Å². The van der Waals surface area contributed by atoms with Crippen LogP contribution in [-0.2, 0) is 0 Å². The van der Waals surface area contributed by atoms with Crippen LogP contribution in [0.5, 0.6) is 0 Å². The molecule has 0 unspecified atom stereocenters. The van der Waals surface area contributed by atoms with Crippen molar-refractivity contribution >= 4 is 34.4 Å². The number of thiocyanates is 1. The molecule has 0 N–H and O–H groups in total. The van der Waals surface area contributed by atoms with Crippen molar-refractivity contribution < 1.29 is 0 Å². The molecule has 14 heavy (non-hydrogen) atoms. The van der Waals surface area contributed by atoms with E-state index in [1.165, 1.54) is 31.0 Å². The average molecular weight is 323 g/mol. The summed E-state index contributed by atoms with van der Waals surface area (Å²) in [6.45, 7) is 6.96. The monoisotopic (exact) mass is 323 g/mol. The maximum atomic E-state index is 8.73. The highest BCUT2D eigenvalue weighted by molar-refractivity contribution is 14.1. The summed E-state index contributed by atoms with van der Waals surface area (Å²) in [6.07, 6.45) is 3.83. The number of hydrogen-bond donors (Lipinski definition) is 0. The molecule has 0 heterocycles. The standard InChI is InChI=1S/C11H18INS/c1-11(2,3)8-4-5-9(12)10(6-8)14-7-13/h8-10H,4-6H2,1-3H3/t8-,9+,10+/m1/s1. The molecule has 0 radical (unpaired) electrons. The maximum Gasteiger partial charge on any atom is 0.133 e. The summed E-state index contributed by atoms with van der Waals surface area (Å²) in [6, 6.07) is 0. The van der Waals surface area contributed by atoms with Crippen LogP contribution in [0.1, 0.15) is 40.0 Å². The van der Waals surface area contributed by atoms with Gasteiger partial charge in [0, 0.05) is 9.17 Å². The van der Waals surface area contributed by atoms with E-state index in [4.69, 9.17) is 5.26 Å². The van der Waals surface area contributed by atoms with Crippen molar-refractivity contribution in [2.24, 2.45) is 11.3 Å². The summed E-state index contributed by atoms with van der Waals surface area (Å²) in [7, 11) is 0. The van der Waals surface area contributed by atoms with Crippen LogP contribution in [0, 0.1) is 22.0 Å². The zero-order chi connectivity index (χ0) is 10.8. The van der Waals surface area contributed by atoms with Crippen molar-refractivity contribution in [1.29, 1.82) is 5.26 Å². The average Bonchev–Trinajstić information content (AvgIpc) is 2.07. The van der Waals surface area contributed by atoms with Gasteiger partial charge in [-0.3, -0.25) is 0 Å². The van der Waals surface area contributed by atoms with E-state index in [9.17, 15) is 0 Å². The summed E-state index contributed by atoms with van der Waals surface area (Å²) >= 11 is 3.99. The van der Waals surface area contributed by atoms with E-state index in [0.717, 1.165) is 5.92 Å². The Morgan fingerprint density at radius 1 is 1.36 bits per heavy atom. The van der Waals surface area contributed by atoms with E-state index in [-0.39, 0.29) is 0 Å². The van der Waals surface area contributed by atoms with E-state index in [1.807, 2.05) is 0 Å². The zero-order valence-corrected chi connectivity index (χ0v) is 12.1. The third-order valence-electron chi connectivity index (χ3n) is 3.14. The lowest BCUT2D eigenvalue weighted by Gasteiger charge is -2.39. The highest BCUT2D eigenvalue weighted by Crippen LogP contribution is 2.43. The third kappa shape index (κ3) is 3.30. The SMILES string of the molecule is CC(C)(C)[C@@H]1CC[C@H](I)[C@@H](SC#N)C1. The molecule has 3 heteroatoms. The van der Waals surface area contributed by atoms with Gasteiger partial charge in [0.15, 0.2) is 0 Å². The Balaban J connectivity index is 2.58. The van der Waals surface area contributed by atoms with Gasteiger partial charge < -0.3 is 0 Å². The van der Waals surface area contributed by atoms with Crippen LogP contribution >= 0.6 is 34.4 Å². The molecule has 1 rings (SSSR count). The summed E-state index contributed by atoms with van der Waals surface area (Å²) in [4.78, 5) is 0. The fraction of sp³-hybridized carbons (Fsp3) is 0.909. The number of rotatable bonds is 1. The highest BCUT2D eigenvalue weighted by Gasteiger charge is 2.35. The molecule has 1 aliphatic rings. The summed E-state index contributed by atoms with van der Waals surface area (Å²) < 4.78 is 0.691. The number of alkyl halides is 1. The van der Waals surface area contributed by atoms with Crippen molar-refractivity contribution in [2.75, 3.05) is 0 Å².